The van der Waals surface area contributed by atoms with E-state index < -0.39 is 0 Å². The normalized spacial score (nSPS) is 21.6. The molecule has 1 aliphatic heterocycles. The Balaban J connectivity index is 2.39. The number of likely N-dealkylation sites (N-methyl/N-ethyl adjacent to an activating group) is 1. The number of anilines is 1. The fraction of sp³-hybridized carbons (Fsp3) is 0.455. The predicted molar refractivity (Wildman–Crippen MR) is 63.7 cm³/mol. The van der Waals surface area contributed by atoms with Crippen LogP contribution in [0.5, 0.6) is 0 Å². The molecule has 1 atom stereocenters. The Kier molecular flexibility index (Phi) is 2.79. The molecule has 1 aromatic rings. The highest BCUT2D eigenvalue weighted by molar-refractivity contribution is 9.10. The fourth-order valence-electron chi connectivity index (χ4n) is 1.90. The molecule has 0 bridgehead atoms. The second kappa shape index (κ2) is 3.91. The number of nitrogens with one attached hydrogen (secondary N) is 1. The van der Waals surface area contributed by atoms with Crippen molar-refractivity contribution in [3.63, 3.8) is 0 Å². The first-order valence-corrected chi connectivity index (χ1v) is 5.69. The number of benzene rings is 1. The van der Waals surface area contributed by atoms with Crippen molar-refractivity contribution in [1.82, 2.24) is 5.32 Å². The minimum Gasteiger partial charge on any atom is -0.373 e. The molecule has 0 aliphatic carbocycles. The lowest BCUT2D eigenvalue weighted by molar-refractivity contribution is 0.563. The van der Waals surface area contributed by atoms with E-state index in [2.05, 4.69) is 58.3 Å². The van der Waals surface area contributed by atoms with Gasteiger partial charge in [0.05, 0.1) is 0 Å². The van der Waals surface area contributed by atoms with Crippen LogP contribution in [0.3, 0.4) is 0 Å². The molecule has 0 fully saturated rings. The summed E-state index contributed by atoms with van der Waals surface area (Å²) in [6.45, 7) is 4.25. The lowest BCUT2D eigenvalue weighted by Crippen LogP contribution is -2.33. The molecule has 76 valence electrons. The molecule has 0 aromatic heterocycles. The first-order valence-electron chi connectivity index (χ1n) is 4.90. The molecule has 0 saturated carbocycles. The minimum absolute atomic E-state index is 0.547. The van der Waals surface area contributed by atoms with Gasteiger partial charge in [-0.2, -0.15) is 0 Å². The number of fused-ring (bicyclic) bond motifs is 1. The van der Waals surface area contributed by atoms with Gasteiger partial charge in [-0.1, -0.05) is 22.0 Å². The van der Waals surface area contributed by atoms with E-state index in [9.17, 15) is 0 Å². The maximum absolute atomic E-state index is 3.51. The molecule has 1 aromatic carbocycles. The summed E-state index contributed by atoms with van der Waals surface area (Å²) in [7, 11) is 2.15. The van der Waals surface area contributed by atoms with Crippen LogP contribution in [0.15, 0.2) is 22.7 Å². The van der Waals surface area contributed by atoms with Crippen LogP contribution in [-0.2, 0) is 6.54 Å². The van der Waals surface area contributed by atoms with Crippen molar-refractivity contribution in [3.8, 4) is 0 Å². The Bertz CT molecular complexity index is 338. The molecule has 0 saturated heterocycles. The third kappa shape index (κ3) is 1.93. The third-order valence-corrected chi connectivity index (χ3v) is 3.14. The molecule has 1 N–H and O–H groups in total. The summed E-state index contributed by atoms with van der Waals surface area (Å²) in [6.07, 6.45) is 0. The molecule has 2 rings (SSSR count). The van der Waals surface area contributed by atoms with E-state index in [-0.39, 0.29) is 0 Å². The summed E-state index contributed by atoms with van der Waals surface area (Å²) >= 11 is 3.51. The van der Waals surface area contributed by atoms with Gasteiger partial charge in [-0.25, -0.2) is 0 Å². The molecule has 3 heteroatoms. The van der Waals surface area contributed by atoms with Gasteiger partial charge in [0.1, 0.15) is 0 Å². The van der Waals surface area contributed by atoms with E-state index in [4.69, 9.17) is 0 Å². The van der Waals surface area contributed by atoms with Crippen molar-refractivity contribution in [2.45, 2.75) is 19.5 Å². The summed E-state index contributed by atoms with van der Waals surface area (Å²) in [5.74, 6) is 0. The summed E-state index contributed by atoms with van der Waals surface area (Å²) in [5, 5.41) is 3.49. The Labute approximate surface area is 93.4 Å². The molecular weight excluding hydrogens is 240 g/mol. The van der Waals surface area contributed by atoms with Gasteiger partial charge in [0.15, 0.2) is 0 Å². The maximum atomic E-state index is 3.51. The van der Waals surface area contributed by atoms with Crippen LogP contribution in [0.1, 0.15) is 12.5 Å². The largest absolute Gasteiger partial charge is 0.373 e. The van der Waals surface area contributed by atoms with Crippen LogP contribution in [0.2, 0.25) is 0 Å². The van der Waals surface area contributed by atoms with Gasteiger partial charge in [-0.05, 0) is 24.6 Å². The molecule has 0 unspecified atom stereocenters. The van der Waals surface area contributed by atoms with E-state index in [1.54, 1.807) is 0 Å². The summed E-state index contributed by atoms with van der Waals surface area (Å²) in [6, 6.07) is 7.02. The molecule has 1 heterocycles. The van der Waals surface area contributed by atoms with Gasteiger partial charge in [-0.3, -0.25) is 0 Å². The quantitative estimate of drug-likeness (QED) is 0.765. The van der Waals surface area contributed by atoms with Crippen LogP contribution in [-0.4, -0.2) is 19.6 Å². The van der Waals surface area contributed by atoms with E-state index in [1.165, 1.54) is 11.3 Å². The number of hydrogen-bond donors (Lipinski definition) is 1. The van der Waals surface area contributed by atoms with Crippen LogP contribution in [0.4, 0.5) is 5.69 Å². The van der Waals surface area contributed by atoms with Crippen LogP contribution in [0.25, 0.3) is 0 Å². The average Bonchev–Trinajstić information content (AvgIpc) is 2.27. The van der Waals surface area contributed by atoms with Gasteiger partial charge in [0.2, 0.25) is 0 Å². The first kappa shape index (κ1) is 9.99. The van der Waals surface area contributed by atoms with Gasteiger partial charge in [0.25, 0.3) is 0 Å². The van der Waals surface area contributed by atoms with Crippen LogP contribution < -0.4 is 10.2 Å². The molecule has 2 nitrogen and oxygen atoms in total. The second-order valence-electron chi connectivity index (χ2n) is 3.94. The molecule has 0 radical (unpaired) electrons. The fourth-order valence-corrected chi connectivity index (χ4v) is 2.25. The van der Waals surface area contributed by atoms with Crippen molar-refractivity contribution < 1.29 is 0 Å². The van der Waals surface area contributed by atoms with Gasteiger partial charge < -0.3 is 10.2 Å². The Morgan fingerprint density at radius 3 is 3.07 bits per heavy atom. The highest BCUT2D eigenvalue weighted by atomic mass is 79.9. The number of rotatable bonds is 0. The summed E-state index contributed by atoms with van der Waals surface area (Å²) in [4.78, 5) is 2.31. The topological polar surface area (TPSA) is 15.3 Å². The van der Waals surface area contributed by atoms with Gasteiger partial charge in [0, 0.05) is 36.3 Å². The zero-order valence-electron chi connectivity index (χ0n) is 8.55. The highest BCUT2D eigenvalue weighted by Crippen LogP contribution is 2.26. The highest BCUT2D eigenvalue weighted by Gasteiger charge is 2.15. The van der Waals surface area contributed by atoms with Crippen molar-refractivity contribution >= 4 is 21.6 Å². The van der Waals surface area contributed by atoms with Crippen molar-refractivity contribution in [2.75, 3.05) is 18.5 Å². The van der Waals surface area contributed by atoms with Gasteiger partial charge >= 0.3 is 0 Å². The van der Waals surface area contributed by atoms with Crippen LogP contribution >= 0.6 is 15.9 Å². The molecule has 0 amide bonds. The Morgan fingerprint density at radius 2 is 2.29 bits per heavy atom. The van der Waals surface area contributed by atoms with E-state index >= 15 is 0 Å². The van der Waals surface area contributed by atoms with Gasteiger partial charge in [-0.15, -0.1) is 0 Å². The van der Waals surface area contributed by atoms with Crippen molar-refractivity contribution in [3.05, 3.63) is 28.2 Å². The Morgan fingerprint density at radius 1 is 1.50 bits per heavy atom. The van der Waals surface area contributed by atoms with E-state index in [0.29, 0.717) is 6.04 Å². The maximum Gasteiger partial charge on any atom is 0.0421 e. The molecule has 14 heavy (non-hydrogen) atoms. The zero-order valence-corrected chi connectivity index (χ0v) is 10.1. The predicted octanol–water partition coefficient (Wildman–Crippen LogP) is 2.38. The van der Waals surface area contributed by atoms with Crippen LogP contribution in [0, 0.1) is 0 Å². The van der Waals surface area contributed by atoms with E-state index in [1.807, 2.05) is 0 Å². The third-order valence-electron chi connectivity index (χ3n) is 2.65. The monoisotopic (exact) mass is 254 g/mol. The lowest BCUT2D eigenvalue weighted by atomic mass is 10.1. The number of nitrogens with zero attached hydrogens (tertiary/aromatic N) is 1. The summed E-state index contributed by atoms with van der Waals surface area (Å²) in [5.41, 5.74) is 2.70. The lowest BCUT2D eigenvalue weighted by Gasteiger charge is -2.21. The first-order chi connectivity index (χ1) is 6.66. The minimum atomic E-state index is 0.547. The smallest absolute Gasteiger partial charge is 0.0421 e. The molecule has 1 aliphatic rings. The van der Waals surface area contributed by atoms with E-state index in [0.717, 1.165) is 17.6 Å². The molecule has 0 spiro atoms. The van der Waals surface area contributed by atoms with Crippen molar-refractivity contribution in [2.24, 2.45) is 0 Å². The molecular formula is C11H15BrN2. The Hall–Kier alpha value is -0.540. The number of halogens is 1. The average molecular weight is 255 g/mol. The standard InChI is InChI=1S/C11H15BrN2/c1-8-7-14(2)11-5-10(12)4-3-9(11)6-13-8/h3-5,8,13H,6-7H2,1-2H3/t8-/m1/s1. The summed E-state index contributed by atoms with van der Waals surface area (Å²) < 4.78 is 1.15. The second-order valence-corrected chi connectivity index (χ2v) is 4.85. The van der Waals surface area contributed by atoms with Crippen molar-refractivity contribution in [1.29, 1.82) is 0 Å². The SMILES string of the molecule is C[C@@H]1CN(C)c2cc(Br)ccc2CN1. The number of hydrogen-bond acceptors (Lipinski definition) is 2. The zero-order chi connectivity index (χ0) is 10.1.